The molecule has 1 aliphatic heterocycles. The number of nitrogens with one attached hydrogen (secondary N) is 1. The minimum Gasteiger partial charge on any atom is -0.456 e. The maximum Gasteiger partial charge on any atom is 0.416 e. The Morgan fingerprint density at radius 3 is 2.37 bits per heavy atom. The number of sulfone groups is 1. The Hall–Kier alpha value is -3.12. The molecule has 0 bridgehead atoms. The summed E-state index contributed by atoms with van der Waals surface area (Å²) in [4.78, 5) is 26.2. The lowest BCUT2D eigenvalue weighted by atomic mass is 10.1. The number of benzene rings is 2. The number of aryl methyl sites for hydroxylation is 1. The van der Waals surface area contributed by atoms with Gasteiger partial charge in [0.1, 0.15) is 0 Å². The molecule has 2 aromatic rings. The second-order valence-electron chi connectivity index (χ2n) is 7.92. The van der Waals surface area contributed by atoms with Gasteiger partial charge in [-0.25, -0.2) is 8.42 Å². The van der Waals surface area contributed by atoms with Gasteiger partial charge in [-0.05, 0) is 37.3 Å². The van der Waals surface area contributed by atoms with E-state index in [2.05, 4.69) is 5.32 Å². The maximum absolute atomic E-state index is 13.2. The SMILES string of the molecule is Cc1ccc(S(=O)(=O)CCC(=O)OCC(=O)Nc2cc(C(F)(F)F)ccc2N2CCOCC2)cc1. The number of alkyl halides is 3. The second kappa shape index (κ2) is 11.1. The van der Waals surface area contributed by atoms with Crippen LogP contribution < -0.4 is 10.2 Å². The van der Waals surface area contributed by atoms with Gasteiger partial charge in [-0.2, -0.15) is 13.2 Å². The molecular formula is C23H25F3N2O6S. The molecule has 0 aromatic heterocycles. The van der Waals surface area contributed by atoms with Crippen molar-refractivity contribution in [1.82, 2.24) is 0 Å². The van der Waals surface area contributed by atoms with Crippen LogP contribution in [0.15, 0.2) is 47.4 Å². The number of hydrogen-bond acceptors (Lipinski definition) is 7. The predicted molar refractivity (Wildman–Crippen MR) is 122 cm³/mol. The first-order valence-corrected chi connectivity index (χ1v) is 12.4. The van der Waals surface area contributed by atoms with E-state index in [0.717, 1.165) is 17.7 Å². The van der Waals surface area contributed by atoms with Crippen LogP contribution in [-0.4, -0.2) is 59.0 Å². The average Bonchev–Trinajstić information content (AvgIpc) is 2.82. The van der Waals surface area contributed by atoms with Gasteiger partial charge in [-0.1, -0.05) is 17.7 Å². The molecule has 0 saturated carbocycles. The van der Waals surface area contributed by atoms with Crippen LogP contribution in [0.1, 0.15) is 17.5 Å². The summed E-state index contributed by atoms with van der Waals surface area (Å²) in [5, 5.41) is 2.36. The molecule has 190 valence electrons. The van der Waals surface area contributed by atoms with Crippen molar-refractivity contribution < 1.29 is 40.7 Å². The van der Waals surface area contributed by atoms with Crippen molar-refractivity contribution in [2.75, 3.05) is 48.9 Å². The number of esters is 1. The maximum atomic E-state index is 13.2. The number of morpholine rings is 1. The van der Waals surface area contributed by atoms with E-state index in [0.29, 0.717) is 32.0 Å². The molecular weight excluding hydrogens is 489 g/mol. The van der Waals surface area contributed by atoms with Gasteiger partial charge in [0.25, 0.3) is 5.91 Å². The fraction of sp³-hybridized carbons (Fsp3) is 0.391. The van der Waals surface area contributed by atoms with E-state index in [9.17, 15) is 31.2 Å². The van der Waals surface area contributed by atoms with Gasteiger partial charge in [0.2, 0.25) is 0 Å². The van der Waals surface area contributed by atoms with Crippen LogP contribution in [0, 0.1) is 6.92 Å². The number of carbonyl (C=O) groups excluding carboxylic acids is 2. The van der Waals surface area contributed by atoms with Crippen molar-refractivity contribution in [3.05, 3.63) is 53.6 Å². The van der Waals surface area contributed by atoms with Gasteiger partial charge in [-0.3, -0.25) is 9.59 Å². The van der Waals surface area contributed by atoms with Gasteiger partial charge in [0.05, 0.1) is 47.2 Å². The van der Waals surface area contributed by atoms with E-state index in [-0.39, 0.29) is 10.6 Å². The number of nitrogens with zero attached hydrogens (tertiary/aromatic N) is 1. The molecule has 2 aromatic carbocycles. The molecule has 1 N–H and O–H groups in total. The van der Waals surface area contributed by atoms with Crippen LogP contribution in [0.5, 0.6) is 0 Å². The normalized spacial score (nSPS) is 14.5. The fourth-order valence-corrected chi connectivity index (χ4v) is 4.60. The van der Waals surface area contributed by atoms with Crippen molar-refractivity contribution in [2.24, 2.45) is 0 Å². The topological polar surface area (TPSA) is 102 Å². The highest BCUT2D eigenvalue weighted by molar-refractivity contribution is 7.91. The van der Waals surface area contributed by atoms with Crippen molar-refractivity contribution in [2.45, 2.75) is 24.4 Å². The number of rotatable bonds is 8. The molecule has 1 heterocycles. The van der Waals surface area contributed by atoms with Gasteiger partial charge >= 0.3 is 12.1 Å². The van der Waals surface area contributed by atoms with E-state index in [4.69, 9.17) is 9.47 Å². The van der Waals surface area contributed by atoms with E-state index in [1.165, 1.54) is 18.2 Å². The van der Waals surface area contributed by atoms with Crippen molar-refractivity contribution in [1.29, 1.82) is 0 Å². The Bertz CT molecular complexity index is 1160. The highest BCUT2D eigenvalue weighted by Gasteiger charge is 2.32. The third kappa shape index (κ3) is 7.43. The summed E-state index contributed by atoms with van der Waals surface area (Å²) in [6.07, 6.45) is -5.09. The second-order valence-corrected chi connectivity index (χ2v) is 10.0. The molecule has 3 rings (SSSR count). The van der Waals surface area contributed by atoms with Crippen LogP contribution in [0.4, 0.5) is 24.5 Å². The lowest BCUT2D eigenvalue weighted by Crippen LogP contribution is -2.37. The summed E-state index contributed by atoms with van der Waals surface area (Å²) in [6.45, 7) is 2.66. The number of amides is 1. The largest absolute Gasteiger partial charge is 0.456 e. The Balaban J connectivity index is 1.60. The van der Waals surface area contributed by atoms with Gasteiger partial charge < -0.3 is 19.7 Å². The zero-order valence-corrected chi connectivity index (χ0v) is 19.7. The lowest BCUT2D eigenvalue weighted by Gasteiger charge is -2.31. The number of ether oxygens (including phenoxy) is 2. The van der Waals surface area contributed by atoms with Crippen molar-refractivity contribution >= 4 is 33.1 Å². The molecule has 1 fully saturated rings. The monoisotopic (exact) mass is 514 g/mol. The Morgan fingerprint density at radius 1 is 1.09 bits per heavy atom. The molecule has 1 amide bonds. The highest BCUT2D eigenvalue weighted by atomic mass is 32.2. The first kappa shape index (κ1) is 26.5. The first-order chi connectivity index (χ1) is 16.5. The van der Waals surface area contributed by atoms with Crippen molar-refractivity contribution in [3.63, 3.8) is 0 Å². The standard InChI is InChI=1S/C23H25F3N2O6S/c1-16-2-5-18(6-3-16)35(31,32)13-8-22(30)34-15-21(29)27-19-14-17(23(24,25)26)4-7-20(19)28-9-11-33-12-10-28/h2-7,14H,8-13,15H2,1H3,(H,27,29). The Labute approximate surface area is 200 Å². The van der Waals surface area contributed by atoms with Crippen LogP contribution in [0.2, 0.25) is 0 Å². The molecule has 1 aliphatic rings. The minimum atomic E-state index is -4.61. The Morgan fingerprint density at radius 2 is 1.74 bits per heavy atom. The summed E-state index contributed by atoms with van der Waals surface area (Å²) in [7, 11) is -3.72. The number of anilines is 2. The zero-order valence-electron chi connectivity index (χ0n) is 18.9. The van der Waals surface area contributed by atoms with E-state index in [1.807, 2.05) is 6.92 Å². The summed E-state index contributed by atoms with van der Waals surface area (Å²) in [5.74, 6) is -2.28. The molecule has 0 atom stereocenters. The van der Waals surface area contributed by atoms with Crippen LogP contribution in [-0.2, 0) is 35.1 Å². The highest BCUT2D eigenvalue weighted by Crippen LogP contribution is 2.35. The minimum absolute atomic E-state index is 0.0637. The summed E-state index contributed by atoms with van der Waals surface area (Å²) < 4.78 is 74.3. The summed E-state index contributed by atoms with van der Waals surface area (Å²) in [6, 6.07) is 9.15. The molecule has 0 spiro atoms. The summed E-state index contributed by atoms with van der Waals surface area (Å²) >= 11 is 0. The Kier molecular flexibility index (Phi) is 8.39. The van der Waals surface area contributed by atoms with E-state index < -0.39 is 52.2 Å². The third-order valence-electron chi connectivity index (χ3n) is 5.27. The fourth-order valence-electron chi connectivity index (χ4n) is 3.38. The van der Waals surface area contributed by atoms with Crippen LogP contribution in [0.25, 0.3) is 0 Å². The zero-order chi connectivity index (χ0) is 25.6. The molecule has 0 radical (unpaired) electrons. The molecule has 35 heavy (non-hydrogen) atoms. The predicted octanol–water partition coefficient (Wildman–Crippen LogP) is 3.20. The van der Waals surface area contributed by atoms with Crippen LogP contribution >= 0.6 is 0 Å². The summed E-state index contributed by atoms with van der Waals surface area (Å²) in [5.41, 5.74) is 0.241. The smallest absolute Gasteiger partial charge is 0.416 e. The first-order valence-electron chi connectivity index (χ1n) is 10.7. The number of hydrogen-bond donors (Lipinski definition) is 1. The van der Waals surface area contributed by atoms with Crippen molar-refractivity contribution in [3.8, 4) is 0 Å². The quantitative estimate of drug-likeness (QED) is 0.540. The molecule has 0 unspecified atom stereocenters. The lowest BCUT2D eigenvalue weighted by molar-refractivity contribution is -0.146. The van der Waals surface area contributed by atoms with Gasteiger partial charge in [0, 0.05) is 13.1 Å². The van der Waals surface area contributed by atoms with Gasteiger partial charge in [0.15, 0.2) is 16.4 Å². The van der Waals surface area contributed by atoms with E-state index in [1.54, 1.807) is 17.0 Å². The number of carbonyl (C=O) groups is 2. The molecule has 8 nitrogen and oxygen atoms in total. The van der Waals surface area contributed by atoms with E-state index >= 15 is 0 Å². The number of halogens is 3. The molecule has 12 heteroatoms. The average molecular weight is 515 g/mol. The molecule has 0 aliphatic carbocycles. The third-order valence-corrected chi connectivity index (χ3v) is 7.00. The molecule has 1 saturated heterocycles. The van der Waals surface area contributed by atoms with Crippen LogP contribution in [0.3, 0.4) is 0 Å². The van der Waals surface area contributed by atoms with Gasteiger partial charge in [-0.15, -0.1) is 0 Å².